The van der Waals surface area contributed by atoms with Crippen molar-refractivity contribution in [2.45, 2.75) is 11.8 Å². The van der Waals surface area contributed by atoms with Crippen molar-refractivity contribution in [3.05, 3.63) is 12.3 Å². The minimum Gasteiger partial charge on any atom is -0.379 e. The lowest BCUT2D eigenvalue weighted by atomic mass is 10.2. The Kier molecular flexibility index (Phi) is 7.23. The van der Waals surface area contributed by atoms with Gasteiger partial charge in [0, 0.05) is 23.7 Å². The molecule has 9 nitrogen and oxygen atoms in total. The molecule has 0 aliphatic heterocycles. The summed E-state index contributed by atoms with van der Waals surface area (Å²) in [6.45, 7) is 1.53. The van der Waals surface area contributed by atoms with Crippen LogP contribution in [-0.2, 0) is 25.0 Å². The Balaban J connectivity index is 3.23. The number of alkyl halides is 2. The molecule has 0 saturated carbocycles. The number of amides is 1. The van der Waals surface area contributed by atoms with Crippen molar-refractivity contribution in [1.82, 2.24) is 4.98 Å². The lowest BCUT2D eigenvalue weighted by Crippen LogP contribution is -2.22. The van der Waals surface area contributed by atoms with E-state index < -0.39 is 48.5 Å². The van der Waals surface area contributed by atoms with Crippen molar-refractivity contribution in [2.75, 3.05) is 22.8 Å². The first-order valence-corrected chi connectivity index (χ1v) is 10.4. The summed E-state index contributed by atoms with van der Waals surface area (Å²) in [5, 5.41) is 2.28. The molecule has 0 fully saturated rings. The average Bonchev–Trinajstić information content (AvgIpc) is 2.46. The van der Waals surface area contributed by atoms with Gasteiger partial charge in [0.2, 0.25) is 5.91 Å². The minimum atomic E-state index is -4.84. The molecule has 0 spiro atoms. The van der Waals surface area contributed by atoms with Gasteiger partial charge >= 0.3 is 10.1 Å². The third-order valence-electron chi connectivity index (χ3n) is 2.58. The summed E-state index contributed by atoms with van der Waals surface area (Å²) < 4.78 is 59.8. The van der Waals surface area contributed by atoms with Crippen LogP contribution in [0.4, 0.5) is 5.82 Å². The second-order valence-electron chi connectivity index (χ2n) is 4.57. The molecule has 0 aliphatic rings. The molecule has 1 aromatic heterocycles. The van der Waals surface area contributed by atoms with Crippen LogP contribution in [0, 0.1) is 5.92 Å². The highest BCUT2D eigenvalue weighted by atomic mass is 35.5. The number of hydrogen-bond acceptors (Lipinski definition) is 7. The quantitative estimate of drug-likeness (QED) is 0.361. The van der Waals surface area contributed by atoms with Gasteiger partial charge in [-0.1, -0.05) is 6.92 Å². The first-order chi connectivity index (χ1) is 11.0. The highest BCUT2D eigenvalue weighted by molar-refractivity contribution is 7.87. The maximum atomic E-state index is 11.7. The monoisotopic (exact) mass is 420 g/mol. The third kappa shape index (κ3) is 6.06. The predicted molar refractivity (Wildman–Crippen MR) is 87.7 cm³/mol. The first kappa shape index (κ1) is 20.9. The number of nitrogens with one attached hydrogen (secondary N) is 1. The summed E-state index contributed by atoms with van der Waals surface area (Å²) in [7, 11) is -9.02. The van der Waals surface area contributed by atoms with E-state index in [1.165, 1.54) is 6.92 Å². The smallest absolute Gasteiger partial charge is 0.310 e. The molecule has 13 heteroatoms. The highest BCUT2D eigenvalue weighted by Crippen LogP contribution is 2.27. The fourth-order valence-electron chi connectivity index (χ4n) is 1.35. The van der Waals surface area contributed by atoms with Gasteiger partial charge in [-0.2, -0.15) is 16.8 Å². The summed E-state index contributed by atoms with van der Waals surface area (Å²) in [5.74, 6) is -2.90. The Morgan fingerprint density at radius 1 is 1.38 bits per heavy atom. The van der Waals surface area contributed by atoms with Gasteiger partial charge in [-0.05, 0) is 0 Å². The first-order valence-electron chi connectivity index (χ1n) is 6.32. The van der Waals surface area contributed by atoms with Crippen LogP contribution in [0.25, 0.3) is 0 Å². The molecule has 136 valence electrons. The van der Waals surface area contributed by atoms with Crippen molar-refractivity contribution in [1.29, 1.82) is 0 Å². The fourth-order valence-corrected chi connectivity index (χ4v) is 3.40. The van der Waals surface area contributed by atoms with Gasteiger partial charge in [0.15, 0.2) is 5.75 Å². The molecular formula is C11H14Cl2N2O7S2. The van der Waals surface area contributed by atoms with Crippen molar-refractivity contribution in [3.8, 4) is 5.75 Å². The Morgan fingerprint density at radius 2 is 2.00 bits per heavy atom. The molecule has 1 aromatic rings. The van der Waals surface area contributed by atoms with E-state index in [9.17, 15) is 26.2 Å². The van der Waals surface area contributed by atoms with Crippen molar-refractivity contribution >= 4 is 55.2 Å². The van der Waals surface area contributed by atoms with Crippen LogP contribution < -0.4 is 9.50 Å². The van der Waals surface area contributed by atoms with Crippen LogP contribution in [0.3, 0.4) is 0 Å². The van der Waals surface area contributed by atoms with E-state index in [-0.39, 0.29) is 17.6 Å². The molecule has 1 heterocycles. The van der Waals surface area contributed by atoms with Gasteiger partial charge in [0.1, 0.15) is 10.7 Å². The molecular weight excluding hydrogens is 407 g/mol. The van der Waals surface area contributed by atoms with Crippen LogP contribution >= 0.6 is 23.2 Å². The van der Waals surface area contributed by atoms with Crippen molar-refractivity contribution < 1.29 is 30.4 Å². The molecule has 1 amide bonds. The summed E-state index contributed by atoms with van der Waals surface area (Å²) >= 11 is 10.8. The van der Waals surface area contributed by atoms with Crippen LogP contribution in [0.5, 0.6) is 5.75 Å². The van der Waals surface area contributed by atoms with E-state index in [1.807, 2.05) is 0 Å². The van der Waals surface area contributed by atoms with E-state index in [1.54, 1.807) is 0 Å². The molecule has 0 aromatic carbocycles. The Bertz CT molecular complexity index is 812. The normalized spacial score (nSPS) is 13.3. The van der Waals surface area contributed by atoms with Crippen LogP contribution in [0.2, 0.25) is 0 Å². The summed E-state index contributed by atoms with van der Waals surface area (Å²) in [6.07, 6.45) is 0.746. The van der Waals surface area contributed by atoms with Crippen LogP contribution in [0.15, 0.2) is 17.2 Å². The second kappa shape index (κ2) is 8.30. The topological polar surface area (TPSA) is 140 Å². The maximum absolute atomic E-state index is 11.7. The van der Waals surface area contributed by atoms with E-state index in [0.717, 1.165) is 12.3 Å². The number of nitrogens with zero attached hydrogens (tertiary/aromatic N) is 1. The lowest BCUT2D eigenvalue weighted by Gasteiger charge is -2.12. The van der Waals surface area contributed by atoms with Crippen LogP contribution in [0.1, 0.15) is 6.92 Å². The Hall–Kier alpha value is -1.14. The van der Waals surface area contributed by atoms with E-state index in [4.69, 9.17) is 23.2 Å². The molecule has 0 aliphatic carbocycles. The molecule has 0 bridgehead atoms. The average molecular weight is 421 g/mol. The molecule has 0 radical (unpaired) electrons. The number of halogens is 2. The molecule has 1 atom stereocenters. The third-order valence-corrected chi connectivity index (χ3v) is 5.47. The number of anilines is 1. The van der Waals surface area contributed by atoms with Crippen LogP contribution in [-0.4, -0.2) is 49.8 Å². The zero-order chi connectivity index (χ0) is 18.5. The van der Waals surface area contributed by atoms with Crippen molar-refractivity contribution in [2.24, 2.45) is 5.92 Å². The second-order valence-corrected chi connectivity index (χ2v) is 8.34. The maximum Gasteiger partial charge on any atom is 0.310 e. The number of pyridine rings is 1. The standard InChI is InChI=1S/C11H14Cl2N2O7S2/c1-7(5-13)11(16)15-10-4-9(24(19,20)21)8(6-14-10)22-23(17,18)3-2-12/h4,6-7H,2-3,5H2,1H3,(H,14,15,16)(H,19,20,21). The van der Waals surface area contributed by atoms with E-state index in [0.29, 0.717) is 0 Å². The molecule has 0 saturated heterocycles. The Labute approximate surface area is 149 Å². The highest BCUT2D eigenvalue weighted by Gasteiger charge is 2.24. The SMILES string of the molecule is CC(CCl)C(=O)Nc1cc(S(=O)(=O)O)c(OS(=O)(=O)CCCl)cn1. The van der Waals surface area contributed by atoms with Gasteiger partial charge < -0.3 is 9.50 Å². The summed E-state index contributed by atoms with van der Waals surface area (Å²) in [5.41, 5.74) is 0. The fraction of sp³-hybridized carbons (Fsp3) is 0.455. The molecule has 1 unspecified atom stereocenters. The minimum absolute atomic E-state index is 0.0227. The zero-order valence-electron chi connectivity index (χ0n) is 12.3. The van der Waals surface area contributed by atoms with Crippen molar-refractivity contribution in [3.63, 3.8) is 0 Å². The number of rotatable bonds is 8. The molecule has 1 rings (SSSR count). The Morgan fingerprint density at radius 3 is 2.50 bits per heavy atom. The van der Waals surface area contributed by atoms with Gasteiger partial charge in [0.05, 0.1) is 11.9 Å². The number of carbonyl (C=O) groups is 1. The zero-order valence-corrected chi connectivity index (χ0v) is 15.4. The largest absolute Gasteiger partial charge is 0.379 e. The van der Waals surface area contributed by atoms with Gasteiger partial charge in [0.25, 0.3) is 10.1 Å². The van der Waals surface area contributed by atoms with Gasteiger partial charge in [-0.15, -0.1) is 23.2 Å². The van der Waals surface area contributed by atoms with E-state index >= 15 is 0 Å². The predicted octanol–water partition coefficient (Wildman–Crippen LogP) is 1.09. The summed E-state index contributed by atoms with van der Waals surface area (Å²) in [6, 6.07) is 0.764. The van der Waals surface area contributed by atoms with Gasteiger partial charge in [-0.25, -0.2) is 4.98 Å². The number of aromatic nitrogens is 1. The van der Waals surface area contributed by atoms with Gasteiger partial charge in [-0.3, -0.25) is 9.35 Å². The lowest BCUT2D eigenvalue weighted by molar-refractivity contribution is -0.118. The van der Waals surface area contributed by atoms with E-state index in [2.05, 4.69) is 14.5 Å². The number of hydrogen-bond donors (Lipinski definition) is 2. The number of carbonyl (C=O) groups excluding carboxylic acids is 1. The molecule has 2 N–H and O–H groups in total. The summed E-state index contributed by atoms with van der Waals surface area (Å²) in [4.78, 5) is 14.5. The molecule has 24 heavy (non-hydrogen) atoms.